The largest absolute Gasteiger partial charge is 0.292 e. The van der Waals surface area contributed by atoms with Gasteiger partial charge in [0.25, 0.3) is 0 Å². The van der Waals surface area contributed by atoms with Crippen molar-refractivity contribution in [3.63, 3.8) is 0 Å². The molecule has 0 aliphatic heterocycles. The maximum atomic E-state index is 10.9. The summed E-state index contributed by atoms with van der Waals surface area (Å²) in [7, 11) is 0. The van der Waals surface area contributed by atoms with Gasteiger partial charge in [0.2, 0.25) is 0 Å². The summed E-state index contributed by atoms with van der Waals surface area (Å²) in [6, 6.07) is 11.2. The molecule has 2 nitrogen and oxygen atoms in total. The summed E-state index contributed by atoms with van der Waals surface area (Å²) in [4.78, 5) is 15.1. The second-order valence-electron chi connectivity index (χ2n) is 2.81. The average Bonchev–Trinajstić information content (AvgIpc) is 2.17. The van der Waals surface area contributed by atoms with Crippen LogP contribution in [0.1, 0.15) is 10.5 Å². The quantitative estimate of drug-likeness (QED) is 0.614. The van der Waals surface area contributed by atoms with E-state index in [1.807, 2.05) is 30.3 Å². The van der Waals surface area contributed by atoms with E-state index in [0.29, 0.717) is 5.69 Å². The number of carbonyl (C=O) groups excluding carboxylic acids is 1. The minimum absolute atomic E-state index is 0.245. The molecule has 0 atom stereocenters. The van der Waals surface area contributed by atoms with Crippen LogP contribution < -0.4 is 0 Å². The molecule has 2 rings (SSSR count). The van der Waals surface area contributed by atoms with Gasteiger partial charge in [-0.15, -0.1) is 0 Å². The Kier molecular flexibility index (Phi) is 1.81. The molecular formula is C11H8NO. The Morgan fingerprint density at radius 1 is 1.15 bits per heavy atom. The predicted octanol–water partition coefficient (Wildman–Crippen LogP) is 2.25. The topological polar surface area (TPSA) is 30.0 Å². The van der Waals surface area contributed by atoms with Gasteiger partial charge in [0.1, 0.15) is 5.69 Å². The summed E-state index contributed by atoms with van der Waals surface area (Å²) in [5, 5.41) is 1.03. The van der Waals surface area contributed by atoms with Crippen LogP contribution in [0.2, 0.25) is 0 Å². The van der Waals surface area contributed by atoms with Gasteiger partial charge in [0, 0.05) is 12.3 Å². The van der Waals surface area contributed by atoms with Crippen molar-refractivity contribution in [2.24, 2.45) is 0 Å². The second-order valence-corrected chi connectivity index (χ2v) is 2.81. The summed E-state index contributed by atoms with van der Waals surface area (Å²) in [6.45, 7) is 3.31. The van der Waals surface area contributed by atoms with E-state index in [2.05, 4.69) is 11.9 Å². The molecule has 0 fully saturated rings. The van der Waals surface area contributed by atoms with Crippen molar-refractivity contribution in [2.75, 3.05) is 0 Å². The molecule has 0 aliphatic carbocycles. The van der Waals surface area contributed by atoms with Crippen LogP contribution in [-0.4, -0.2) is 10.8 Å². The highest BCUT2D eigenvalue weighted by Crippen LogP contribution is 2.11. The van der Waals surface area contributed by atoms with Crippen LogP contribution in [0.4, 0.5) is 0 Å². The fourth-order valence-corrected chi connectivity index (χ4v) is 1.22. The Morgan fingerprint density at radius 2 is 1.92 bits per heavy atom. The normalized spacial score (nSPS) is 10.2. The van der Waals surface area contributed by atoms with E-state index < -0.39 is 0 Å². The fourth-order valence-electron chi connectivity index (χ4n) is 1.22. The third-order valence-electron chi connectivity index (χ3n) is 1.88. The van der Waals surface area contributed by atoms with Crippen LogP contribution in [0, 0.1) is 6.92 Å². The van der Waals surface area contributed by atoms with Crippen LogP contribution in [0.15, 0.2) is 36.4 Å². The lowest BCUT2D eigenvalue weighted by atomic mass is 10.2. The van der Waals surface area contributed by atoms with Crippen LogP contribution in [0.25, 0.3) is 10.9 Å². The van der Waals surface area contributed by atoms with Crippen LogP contribution in [0.5, 0.6) is 0 Å². The summed E-state index contributed by atoms with van der Waals surface area (Å²) in [5.41, 5.74) is 1.25. The van der Waals surface area contributed by atoms with Gasteiger partial charge < -0.3 is 0 Å². The molecule has 1 aromatic heterocycles. The lowest BCUT2D eigenvalue weighted by Crippen LogP contribution is -1.96. The lowest BCUT2D eigenvalue weighted by molar-refractivity contribution is 0.104. The first-order valence-corrected chi connectivity index (χ1v) is 3.99. The summed E-state index contributed by atoms with van der Waals surface area (Å²) < 4.78 is 0. The number of hydrogen-bond donors (Lipinski definition) is 0. The molecule has 0 saturated carbocycles. The number of Topliss-reactive ketones (excluding diaryl/α,β-unsaturated/α-hetero) is 1. The Morgan fingerprint density at radius 3 is 2.69 bits per heavy atom. The third-order valence-corrected chi connectivity index (χ3v) is 1.88. The Balaban J connectivity index is 2.69. The molecule has 1 heterocycles. The summed E-state index contributed by atoms with van der Waals surface area (Å²) in [6.07, 6.45) is 0. The van der Waals surface area contributed by atoms with Crippen molar-refractivity contribution in [1.29, 1.82) is 0 Å². The van der Waals surface area contributed by atoms with Gasteiger partial charge in [-0.25, -0.2) is 4.98 Å². The fraction of sp³-hybridized carbons (Fsp3) is 0. The Labute approximate surface area is 76.2 Å². The van der Waals surface area contributed by atoms with Crippen LogP contribution in [-0.2, 0) is 0 Å². The number of nitrogens with zero attached hydrogens (tertiary/aromatic N) is 1. The van der Waals surface area contributed by atoms with E-state index in [1.54, 1.807) is 6.07 Å². The van der Waals surface area contributed by atoms with Crippen molar-refractivity contribution in [3.8, 4) is 0 Å². The van der Waals surface area contributed by atoms with Gasteiger partial charge in [-0.05, 0) is 12.1 Å². The molecule has 0 aliphatic rings. The van der Waals surface area contributed by atoms with E-state index in [0.717, 1.165) is 10.9 Å². The van der Waals surface area contributed by atoms with E-state index in [1.165, 1.54) is 0 Å². The average molecular weight is 170 g/mol. The highest BCUT2D eigenvalue weighted by molar-refractivity contribution is 5.99. The molecular weight excluding hydrogens is 162 g/mol. The number of hydrogen-bond acceptors (Lipinski definition) is 2. The molecule has 13 heavy (non-hydrogen) atoms. The predicted molar refractivity (Wildman–Crippen MR) is 51.4 cm³/mol. The number of carbonyl (C=O) groups is 1. The van der Waals surface area contributed by atoms with Gasteiger partial charge >= 0.3 is 0 Å². The second kappa shape index (κ2) is 2.98. The summed E-state index contributed by atoms with van der Waals surface area (Å²) >= 11 is 0. The molecule has 0 saturated heterocycles. The minimum atomic E-state index is -0.245. The number of aromatic nitrogens is 1. The Bertz CT molecular complexity index is 462. The number of fused-ring (bicyclic) bond motifs is 1. The van der Waals surface area contributed by atoms with E-state index in [4.69, 9.17) is 0 Å². The molecule has 2 aromatic rings. The standard InChI is InChI=1S/C11H8NO/c1-8(13)10-7-6-9-4-2-3-5-11(9)12-10/h2-7H,1H2. The molecule has 63 valence electrons. The van der Waals surface area contributed by atoms with Gasteiger partial charge in [0.05, 0.1) is 5.52 Å². The molecule has 0 N–H and O–H groups in total. The van der Waals surface area contributed by atoms with E-state index >= 15 is 0 Å². The monoisotopic (exact) mass is 170 g/mol. The van der Waals surface area contributed by atoms with Crippen molar-refractivity contribution in [2.45, 2.75) is 0 Å². The smallest absolute Gasteiger partial charge is 0.181 e. The maximum Gasteiger partial charge on any atom is 0.181 e. The highest BCUT2D eigenvalue weighted by atomic mass is 16.1. The zero-order chi connectivity index (χ0) is 9.26. The van der Waals surface area contributed by atoms with E-state index in [9.17, 15) is 4.79 Å². The zero-order valence-corrected chi connectivity index (χ0v) is 7.03. The van der Waals surface area contributed by atoms with Crippen LogP contribution >= 0.6 is 0 Å². The third kappa shape index (κ3) is 1.43. The van der Waals surface area contributed by atoms with Gasteiger partial charge in [-0.3, -0.25) is 4.79 Å². The number of rotatable bonds is 1. The molecule has 0 amide bonds. The molecule has 0 unspecified atom stereocenters. The van der Waals surface area contributed by atoms with Crippen molar-refractivity contribution < 1.29 is 4.79 Å². The van der Waals surface area contributed by atoms with Crippen LogP contribution in [0.3, 0.4) is 0 Å². The van der Waals surface area contributed by atoms with Gasteiger partial charge in [0.15, 0.2) is 5.78 Å². The number of pyridine rings is 1. The Hall–Kier alpha value is -1.70. The van der Waals surface area contributed by atoms with Crippen molar-refractivity contribution >= 4 is 16.7 Å². The first-order valence-electron chi connectivity index (χ1n) is 3.99. The first-order chi connectivity index (χ1) is 6.27. The van der Waals surface area contributed by atoms with E-state index in [-0.39, 0.29) is 5.78 Å². The summed E-state index contributed by atoms with van der Waals surface area (Å²) in [5.74, 6) is -0.245. The minimum Gasteiger partial charge on any atom is -0.292 e. The lowest BCUT2D eigenvalue weighted by Gasteiger charge is -1.98. The first kappa shape index (κ1) is 7.92. The molecule has 2 heteroatoms. The molecule has 0 bridgehead atoms. The number of benzene rings is 1. The highest BCUT2D eigenvalue weighted by Gasteiger charge is 2.01. The zero-order valence-electron chi connectivity index (χ0n) is 7.03. The number of ketones is 1. The SMILES string of the molecule is [CH2]C(=O)c1ccc2ccccc2n1. The maximum absolute atomic E-state index is 10.9. The van der Waals surface area contributed by atoms with Gasteiger partial charge in [-0.2, -0.15) is 0 Å². The van der Waals surface area contributed by atoms with Crippen molar-refractivity contribution in [3.05, 3.63) is 49.0 Å². The molecule has 1 aromatic carbocycles. The van der Waals surface area contributed by atoms with Crippen molar-refractivity contribution in [1.82, 2.24) is 4.98 Å². The molecule has 0 spiro atoms. The van der Waals surface area contributed by atoms with Gasteiger partial charge in [-0.1, -0.05) is 24.3 Å². The number of para-hydroxylation sites is 1. The molecule has 1 radical (unpaired) electrons.